The summed E-state index contributed by atoms with van der Waals surface area (Å²) in [6.45, 7) is 0.213. The first-order valence-electron chi connectivity index (χ1n) is 7.48. The normalized spacial score (nSPS) is 24.7. The van der Waals surface area contributed by atoms with Crippen molar-refractivity contribution < 1.29 is 24.0 Å². The monoisotopic (exact) mass is 395 g/mol. The molecule has 0 unspecified atom stereocenters. The molecule has 2 amide bonds. The minimum absolute atomic E-state index is 0.0762. The van der Waals surface area contributed by atoms with E-state index >= 15 is 0 Å². The lowest BCUT2D eigenvalue weighted by Crippen LogP contribution is -2.70. The Balaban J connectivity index is 1.51. The van der Waals surface area contributed by atoms with E-state index in [0.717, 1.165) is 16.9 Å². The van der Waals surface area contributed by atoms with E-state index in [2.05, 4.69) is 15.5 Å². The van der Waals surface area contributed by atoms with Gasteiger partial charge in [-0.25, -0.2) is 9.78 Å². The maximum absolute atomic E-state index is 12.6. The molecule has 0 bridgehead atoms. The molecule has 0 aliphatic carbocycles. The van der Waals surface area contributed by atoms with Gasteiger partial charge in [0.15, 0.2) is 10.8 Å². The summed E-state index contributed by atoms with van der Waals surface area (Å²) >= 11 is 2.62. The van der Waals surface area contributed by atoms with Gasteiger partial charge in [0, 0.05) is 16.7 Å². The third-order valence-corrected chi connectivity index (χ3v) is 6.08. The van der Waals surface area contributed by atoms with Crippen molar-refractivity contribution in [1.82, 2.24) is 15.2 Å². The maximum Gasteiger partial charge on any atom is 0.355 e. The van der Waals surface area contributed by atoms with Crippen LogP contribution in [0.25, 0.3) is 0 Å². The van der Waals surface area contributed by atoms with Gasteiger partial charge in [-0.1, -0.05) is 5.16 Å². The average Bonchev–Trinajstić information content (AvgIpc) is 3.22. The van der Waals surface area contributed by atoms with Gasteiger partial charge in [0.1, 0.15) is 36.5 Å². The maximum atomic E-state index is 12.6. The molecule has 3 N–H and O–H groups in total. The number of nitrogen functional groups attached to an aromatic ring is 1. The summed E-state index contributed by atoms with van der Waals surface area (Å²) in [6.07, 6.45) is 0. The second-order valence-corrected chi connectivity index (χ2v) is 7.58. The number of oxime groups is 1. The Morgan fingerprint density at radius 3 is 3.04 bits per heavy atom. The first-order chi connectivity index (χ1) is 12.5. The lowest BCUT2D eigenvalue weighted by Gasteiger charge is -2.48. The number of nitrogens with zero attached hydrogens (tertiary/aromatic N) is 3. The topological polar surface area (TPSA) is 136 Å². The van der Waals surface area contributed by atoms with Gasteiger partial charge in [0.25, 0.3) is 11.8 Å². The first kappa shape index (κ1) is 16.8. The number of hydrogen-bond donors (Lipinski definition) is 2. The molecule has 4 heterocycles. The molecular formula is C14H13N5O5S2. The van der Waals surface area contributed by atoms with Crippen LogP contribution in [-0.2, 0) is 24.0 Å². The van der Waals surface area contributed by atoms with E-state index in [4.69, 9.17) is 15.3 Å². The minimum atomic E-state index is -0.770. The Kier molecular flexibility index (Phi) is 4.07. The number of amides is 2. The Hall–Kier alpha value is -2.60. The Morgan fingerprint density at radius 2 is 2.35 bits per heavy atom. The Bertz CT molecular complexity index is 879. The largest absolute Gasteiger partial charge is 0.456 e. The number of thiazole rings is 1. The fourth-order valence-electron chi connectivity index (χ4n) is 2.91. The van der Waals surface area contributed by atoms with Gasteiger partial charge in [-0.15, -0.1) is 23.1 Å². The van der Waals surface area contributed by atoms with E-state index in [1.54, 1.807) is 5.38 Å². The van der Waals surface area contributed by atoms with Crippen LogP contribution in [-0.4, -0.2) is 64.3 Å². The highest BCUT2D eigenvalue weighted by molar-refractivity contribution is 8.00. The fourth-order valence-corrected chi connectivity index (χ4v) is 4.78. The number of anilines is 1. The zero-order valence-electron chi connectivity index (χ0n) is 13.4. The van der Waals surface area contributed by atoms with Crippen LogP contribution in [0.1, 0.15) is 5.69 Å². The highest BCUT2D eigenvalue weighted by atomic mass is 32.2. The fraction of sp³-hybridized carbons (Fsp3) is 0.357. The Morgan fingerprint density at radius 1 is 1.54 bits per heavy atom. The van der Waals surface area contributed by atoms with E-state index in [1.165, 1.54) is 23.8 Å². The number of hydrogen-bond acceptors (Lipinski definition) is 10. The number of thioether (sulfide) groups is 1. The van der Waals surface area contributed by atoms with Gasteiger partial charge in [0.2, 0.25) is 0 Å². The second kappa shape index (κ2) is 6.29. The summed E-state index contributed by atoms with van der Waals surface area (Å²) in [5.74, 6) is -0.896. The van der Waals surface area contributed by atoms with Crippen LogP contribution in [0.4, 0.5) is 5.13 Å². The zero-order valence-corrected chi connectivity index (χ0v) is 15.1. The third kappa shape index (κ3) is 2.52. The number of rotatable bonds is 4. The molecule has 4 rings (SSSR count). The van der Waals surface area contributed by atoms with Crippen LogP contribution >= 0.6 is 23.1 Å². The molecule has 1 saturated heterocycles. The van der Waals surface area contributed by atoms with Gasteiger partial charge in [-0.2, -0.15) is 0 Å². The summed E-state index contributed by atoms with van der Waals surface area (Å²) < 4.78 is 4.99. The highest BCUT2D eigenvalue weighted by Gasteiger charge is 2.55. The molecule has 3 aliphatic heterocycles. The summed E-state index contributed by atoms with van der Waals surface area (Å²) in [6, 6.07) is -0.770. The molecular weight excluding hydrogens is 382 g/mol. The molecule has 0 spiro atoms. The molecule has 0 saturated carbocycles. The summed E-state index contributed by atoms with van der Waals surface area (Å²) in [4.78, 5) is 47.0. The van der Waals surface area contributed by atoms with E-state index in [0.29, 0.717) is 11.4 Å². The number of fused-ring (bicyclic) bond motifs is 2. The minimum Gasteiger partial charge on any atom is -0.456 e. The lowest BCUT2D eigenvalue weighted by atomic mass is 10.0. The van der Waals surface area contributed by atoms with Crippen LogP contribution in [0, 0.1) is 0 Å². The molecule has 0 radical (unpaired) electrons. The molecule has 1 aromatic rings. The van der Waals surface area contributed by atoms with Gasteiger partial charge in [-0.05, 0) is 0 Å². The van der Waals surface area contributed by atoms with Crippen molar-refractivity contribution in [3.63, 3.8) is 0 Å². The molecule has 10 nitrogen and oxygen atoms in total. The molecule has 12 heteroatoms. The van der Waals surface area contributed by atoms with Gasteiger partial charge >= 0.3 is 5.97 Å². The highest BCUT2D eigenvalue weighted by Crippen LogP contribution is 2.42. The van der Waals surface area contributed by atoms with Gasteiger partial charge in [-0.3, -0.25) is 14.5 Å². The van der Waals surface area contributed by atoms with E-state index < -0.39 is 17.9 Å². The van der Waals surface area contributed by atoms with Crippen molar-refractivity contribution in [2.75, 3.05) is 25.2 Å². The molecule has 1 aromatic heterocycles. The number of carbonyl (C=O) groups excluding carboxylic acids is 3. The summed E-state index contributed by atoms with van der Waals surface area (Å²) in [5.41, 5.74) is 6.88. The summed E-state index contributed by atoms with van der Waals surface area (Å²) in [7, 11) is 1.30. The summed E-state index contributed by atoms with van der Waals surface area (Å²) in [5, 5.41) is 7.82. The molecule has 0 aromatic carbocycles. The first-order valence-corrected chi connectivity index (χ1v) is 9.41. The van der Waals surface area contributed by atoms with Crippen LogP contribution in [0.3, 0.4) is 0 Å². The van der Waals surface area contributed by atoms with E-state index in [9.17, 15) is 14.4 Å². The Labute approximate surface area is 155 Å². The smallest absolute Gasteiger partial charge is 0.355 e. The standard InChI is InChI=1S/C14H13N5O5S2/c1-23-18-7(6-4-26-14(15)16-6)10(20)17-8-11(21)19-9-5(2-24-13(9)22)3-25-12(8)19/h4,8,12H,2-3H2,1H3,(H2,15,16)(H,17,20)/b18-7+/t8-,12-/m1/s1. The van der Waals surface area contributed by atoms with Crippen molar-refractivity contribution in [1.29, 1.82) is 0 Å². The van der Waals surface area contributed by atoms with Crippen molar-refractivity contribution in [2.24, 2.45) is 5.16 Å². The predicted octanol–water partition coefficient (Wildman–Crippen LogP) is -0.713. The van der Waals surface area contributed by atoms with Crippen LogP contribution in [0.5, 0.6) is 0 Å². The number of β-lactam (4-membered cyclic amide) rings is 1. The quantitative estimate of drug-likeness (QED) is 0.295. The van der Waals surface area contributed by atoms with E-state index in [1.807, 2.05) is 0 Å². The van der Waals surface area contributed by atoms with Crippen LogP contribution in [0.2, 0.25) is 0 Å². The average molecular weight is 395 g/mol. The lowest BCUT2D eigenvalue weighted by molar-refractivity contribution is -0.150. The number of esters is 1. The van der Waals surface area contributed by atoms with Gasteiger partial charge < -0.3 is 20.6 Å². The van der Waals surface area contributed by atoms with Crippen LogP contribution in [0.15, 0.2) is 21.8 Å². The zero-order chi connectivity index (χ0) is 18.4. The number of nitrogens with one attached hydrogen (secondary N) is 1. The molecule has 2 atom stereocenters. The number of nitrogens with two attached hydrogens (primary N) is 1. The molecule has 3 aliphatic rings. The number of aromatic nitrogens is 1. The van der Waals surface area contributed by atoms with Crippen LogP contribution < -0.4 is 11.1 Å². The van der Waals surface area contributed by atoms with Crippen molar-refractivity contribution in [2.45, 2.75) is 11.4 Å². The van der Waals surface area contributed by atoms with Crippen molar-refractivity contribution >= 4 is 51.7 Å². The molecule has 1 fully saturated rings. The number of cyclic esters (lactones) is 1. The van der Waals surface area contributed by atoms with E-state index in [-0.39, 0.29) is 34.4 Å². The predicted molar refractivity (Wildman–Crippen MR) is 93.1 cm³/mol. The second-order valence-electron chi connectivity index (χ2n) is 5.58. The number of carbonyl (C=O) groups is 3. The van der Waals surface area contributed by atoms with Crippen molar-refractivity contribution in [3.05, 3.63) is 22.3 Å². The molecule has 136 valence electrons. The molecule has 26 heavy (non-hydrogen) atoms. The SMILES string of the molecule is CO/N=C(/C(=O)N[C@@H]1C(=O)N2C3=C(COC3=O)CS[C@H]12)c1csc(N)n1. The third-order valence-electron chi connectivity index (χ3n) is 4.07. The van der Waals surface area contributed by atoms with Gasteiger partial charge in [0.05, 0.1) is 0 Å². The number of ether oxygens (including phenoxy) is 1. The van der Waals surface area contributed by atoms with Crippen molar-refractivity contribution in [3.8, 4) is 0 Å².